The van der Waals surface area contributed by atoms with Gasteiger partial charge in [-0.2, -0.15) is 0 Å². The van der Waals surface area contributed by atoms with Gasteiger partial charge in [-0.15, -0.1) is 0 Å². The second kappa shape index (κ2) is 17.4. The van der Waals surface area contributed by atoms with Gasteiger partial charge in [-0.25, -0.2) is 0 Å². The Hall–Kier alpha value is -0.0800. The van der Waals surface area contributed by atoms with Crippen LogP contribution in [0, 0.1) is 52.8 Å². The van der Waals surface area contributed by atoms with Crippen molar-refractivity contribution in [2.75, 3.05) is 0 Å². The van der Waals surface area contributed by atoms with Crippen LogP contribution < -0.4 is 0 Å². The summed E-state index contributed by atoms with van der Waals surface area (Å²) in [6.07, 6.45) is 52.6. The van der Waals surface area contributed by atoms with Gasteiger partial charge in [0.05, 0.1) is 0 Å². The molecule has 8 atom stereocenters. The highest BCUT2D eigenvalue weighted by Gasteiger charge is 2.65. The molecule has 0 saturated heterocycles. The number of hydrogen-bond donors (Lipinski definition) is 0. The van der Waals surface area contributed by atoms with Crippen LogP contribution >= 0.6 is 0 Å². The summed E-state index contributed by atoms with van der Waals surface area (Å²) >= 11 is 0. The molecule has 0 aromatic rings. The van der Waals surface area contributed by atoms with E-state index in [0.717, 1.165) is 83.6 Å². The molecule has 0 aliphatic heterocycles. The topological polar surface area (TPSA) is 6.48 Å². The average Bonchev–Trinajstić information content (AvgIpc) is 3.51. The van der Waals surface area contributed by atoms with E-state index in [4.69, 9.17) is 0 Å². The SMILES string of the molecule is CC1CCCC(N(C2CCCCC2)C2CCC(C3(C4CCC(N(C5CCCCC5)C5CCCC(C)C5)CC4)C4CCCCC4C4CCCCC43)CC2)C1. The highest BCUT2D eigenvalue weighted by Crippen LogP contribution is 2.72. The summed E-state index contributed by atoms with van der Waals surface area (Å²) in [5.41, 5.74) is 0.705. The van der Waals surface area contributed by atoms with Crippen molar-refractivity contribution in [3.63, 3.8) is 0 Å². The van der Waals surface area contributed by atoms with Gasteiger partial charge in [-0.3, -0.25) is 9.80 Å². The van der Waals surface area contributed by atoms with Crippen LogP contribution in [-0.2, 0) is 0 Å². The van der Waals surface area contributed by atoms with Gasteiger partial charge in [0.25, 0.3) is 0 Å². The van der Waals surface area contributed by atoms with Crippen LogP contribution in [-0.4, -0.2) is 46.1 Å². The summed E-state index contributed by atoms with van der Waals surface area (Å²) in [7, 11) is 0. The Balaban J connectivity index is 0.976. The molecule has 0 spiro atoms. The molecule has 9 rings (SSSR count). The third-order valence-electron chi connectivity index (χ3n) is 19.8. The molecule has 0 heterocycles. The lowest BCUT2D eigenvalue weighted by molar-refractivity contribution is -0.0966. The molecular formula is C51H88N2. The molecule has 0 aromatic carbocycles. The minimum atomic E-state index is 0.705. The van der Waals surface area contributed by atoms with Gasteiger partial charge < -0.3 is 0 Å². The standard InChI is InChI=1S/C51H88N2/c1-37-15-13-21-45(35-37)52(41-17-5-3-6-18-41)43-31-27-39(28-32-43)51(49-25-11-9-23-47(49)48-24-10-12-26-50(48)51)40-29-33-44(34-30-40)53(42-19-7-4-8-20-42)46-22-14-16-38(2)36-46/h37-50H,3-36H2,1-2H3. The maximum atomic E-state index is 3.30. The van der Waals surface area contributed by atoms with E-state index in [1.54, 1.807) is 103 Å². The number of rotatable bonds is 8. The predicted octanol–water partition coefficient (Wildman–Crippen LogP) is 14.1. The Morgan fingerprint density at radius 1 is 0.302 bits per heavy atom. The van der Waals surface area contributed by atoms with Crippen LogP contribution in [0.5, 0.6) is 0 Å². The minimum absolute atomic E-state index is 0.705. The van der Waals surface area contributed by atoms with E-state index < -0.39 is 0 Å². The first-order valence-electron chi connectivity index (χ1n) is 25.7. The van der Waals surface area contributed by atoms with E-state index in [0.29, 0.717) is 5.41 Å². The molecule has 0 amide bonds. The molecule has 53 heavy (non-hydrogen) atoms. The Morgan fingerprint density at radius 2 is 0.642 bits per heavy atom. The number of nitrogens with zero attached hydrogens (tertiary/aromatic N) is 2. The van der Waals surface area contributed by atoms with Gasteiger partial charge in [0.2, 0.25) is 0 Å². The molecule has 9 aliphatic rings. The molecule has 0 N–H and O–H groups in total. The molecular weight excluding hydrogens is 641 g/mol. The Morgan fingerprint density at radius 3 is 1.04 bits per heavy atom. The Bertz CT molecular complexity index is 1030. The summed E-state index contributed by atoms with van der Waals surface area (Å²) in [5, 5.41) is 0. The molecule has 0 aromatic heterocycles. The Kier molecular flexibility index (Phi) is 12.6. The molecule has 2 heteroatoms. The smallest absolute Gasteiger partial charge is 0.0104 e. The van der Waals surface area contributed by atoms with Crippen molar-refractivity contribution < 1.29 is 0 Å². The van der Waals surface area contributed by atoms with Gasteiger partial charge in [-0.05, 0) is 181 Å². The van der Waals surface area contributed by atoms with Gasteiger partial charge >= 0.3 is 0 Å². The quantitative estimate of drug-likeness (QED) is 0.245. The van der Waals surface area contributed by atoms with E-state index in [1.807, 2.05) is 0 Å². The van der Waals surface area contributed by atoms with Gasteiger partial charge in [-0.1, -0.05) is 104 Å². The zero-order chi connectivity index (χ0) is 35.8. The van der Waals surface area contributed by atoms with Crippen molar-refractivity contribution in [1.82, 2.24) is 9.80 Å². The molecule has 0 radical (unpaired) electrons. The lowest BCUT2D eigenvalue weighted by atomic mass is 9.48. The zero-order valence-corrected chi connectivity index (χ0v) is 35.5. The first-order chi connectivity index (χ1) is 26.1. The van der Waals surface area contributed by atoms with Crippen LogP contribution in [0.2, 0.25) is 0 Å². The van der Waals surface area contributed by atoms with Crippen molar-refractivity contribution in [3.05, 3.63) is 0 Å². The molecule has 2 nitrogen and oxygen atoms in total. The second-order valence-electron chi connectivity index (χ2n) is 22.4. The van der Waals surface area contributed by atoms with Crippen LogP contribution in [0.15, 0.2) is 0 Å². The summed E-state index contributed by atoms with van der Waals surface area (Å²) in [6.45, 7) is 5.18. The average molecular weight is 729 g/mol. The molecule has 9 aliphatic carbocycles. The van der Waals surface area contributed by atoms with Crippen LogP contribution in [0.25, 0.3) is 0 Å². The number of fused-ring (bicyclic) bond motifs is 3. The van der Waals surface area contributed by atoms with E-state index in [2.05, 4.69) is 23.6 Å². The monoisotopic (exact) mass is 729 g/mol. The summed E-state index contributed by atoms with van der Waals surface area (Å²) in [4.78, 5) is 6.60. The summed E-state index contributed by atoms with van der Waals surface area (Å²) < 4.78 is 0. The third-order valence-corrected chi connectivity index (χ3v) is 19.8. The van der Waals surface area contributed by atoms with Gasteiger partial charge in [0, 0.05) is 36.3 Å². The second-order valence-corrected chi connectivity index (χ2v) is 22.4. The van der Waals surface area contributed by atoms with E-state index in [1.165, 1.54) is 116 Å². The van der Waals surface area contributed by atoms with Crippen molar-refractivity contribution in [2.24, 2.45) is 52.8 Å². The highest BCUT2D eigenvalue weighted by atomic mass is 15.2. The fraction of sp³-hybridized carbons (Fsp3) is 1.00. The lowest BCUT2D eigenvalue weighted by Crippen LogP contribution is -2.56. The number of hydrogen-bond acceptors (Lipinski definition) is 2. The predicted molar refractivity (Wildman–Crippen MR) is 225 cm³/mol. The fourth-order valence-electron chi connectivity index (χ4n) is 18.0. The molecule has 8 unspecified atom stereocenters. The van der Waals surface area contributed by atoms with Gasteiger partial charge in [0.15, 0.2) is 0 Å². The normalized spacial score (nSPS) is 46.6. The largest absolute Gasteiger partial charge is 0.294 e. The third kappa shape index (κ3) is 7.67. The van der Waals surface area contributed by atoms with E-state index in [-0.39, 0.29) is 0 Å². The summed E-state index contributed by atoms with van der Waals surface area (Å²) in [6, 6.07) is 5.46. The maximum Gasteiger partial charge on any atom is 0.0104 e. The van der Waals surface area contributed by atoms with Crippen LogP contribution in [0.4, 0.5) is 0 Å². The Labute approximate surface area is 329 Å². The molecule has 9 saturated carbocycles. The highest BCUT2D eigenvalue weighted by molar-refractivity contribution is 5.14. The first-order valence-corrected chi connectivity index (χ1v) is 25.7. The van der Waals surface area contributed by atoms with Gasteiger partial charge in [0.1, 0.15) is 0 Å². The fourth-order valence-corrected chi connectivity index (χ4v) is 18.0. The van der Waals surface area contributed by atoms with E-state index in [9.17, 15) is 0 Å². The zero-order valence-electron chi connectivity index (χ0n) is 35.5. The first kappa shape index (κ1) is 38.4. The maximum absolute atomic E-state index is 3.30. The van der Waals surface area contributed by atoms with Crippen molar-refractivity contribution in [1.29, 1.82) is 0 Å². The van der Waals surface area contributed by atoms with Crippen LogP contribution in [0.3, 0.4) is 0 Å². The molecule has 302 valence electrons. The van der Waals surface area contributed by atoms with E-state index >= 15 is 0 Å². The van der Waals surface area contributed by atoms with Crippen molar-refractivity contribution in [2.45, 2.75) is 268 Å². The minimum Gasteiger partial charge on any atom is -0.294 e. The van der Waals surface area contributed by atoms with Crippen molar-refractivity contribution in [3.8, 4) is 0 Å². The van der Waals surface area contributed by atoms with Crippen molar-refractivity contribution >= 4 is 0 Å². The molecule has 0 bridgehead atoms. The molecule has 9 fully saturated rings. The summed E-state index contributed by atoms with van der Waals surface area (Å²) in [5.74, 6) is 8.40. The van der Waals surface area contributed by atoms with Crippen LogP contribution in [0.1, 0.15) is 232 Å². The lowest BCUT2D eigenvalue weighted by Gasteiger charge is -2.59.